The van der Waals surface area contributed by atoms with Gasteiger partial charge in [-0.25, -0.2) is 4.79 Å². The molecule has 0 spiro atoms. The highest BCUT2D eigenvalue weighted by molar-refractivity contribution is 5.74. The second-order valence-corrected chi connectivity index (χ2v) is 4.76. The fourth-order valence-corrected chi connectivity index (χ4v) is 2.59. The lowest BCUT2D eigenvalue weighted by Crippen LogP contribution is -2.25. The normalized spacial score (nSPS) is 18.8. The van der Waals surface area contributed by atoms with Crippen molar-refractivity contribution in [3.05, 3.63) is 29.3 Å². The lowest BCUT2D eigenvalue weighted by Gasteiger charge is -2.16. The maximum absolute atomic E-state index is 11.4. The molecule has 4 nitrogen and oxygen atoms in total. The summed E-state index contributed by atoms with van der Waals surface area (Å²) >= 11 is 0. The number of nitrogens with one attached hydrogen (secondary N) is 1. The van der Waals surface area contributed by atoms with Crippen molar-refractivity contribution in [1.82, 2.24) is 5.32 Å². The van der Waals surface area contributed by atoms with Crippen LogP contribution in [-0.4, -0.2) is 25.7 Å². The summed E-state index contributed by atoms with van der Waals surface area (Å²) in [5.74, 6) is 0.453. The van der Waals surface area contributed by atoms with Gasteiger partial charge in [0.15, 0.2) is 6.10 Å². The number of hydrogen-bond donors (Lipinski definition) is 1. The Labute approximate surface area is 114 Å². The molecular formula is C15H21NO3. The fraction of sp³-hybridized carbons (Fsp3) is 0.533. The Kier molecular flexibility index (Phi) is 4.43. The van der Waals surface area contributed by atoms with Crippen LogP contribution in [-0.2, 0) is 16.0 Å². The SMILES string of the molecule is CCNC1CCc2c(OC(C)C(=O)OC)cccc21. The topological polar surface area (TPSA) is 47.6 Å². The van der Waals surface area contributed by atoms with E-state index in [1.807, 2.05) is 12.1 Å². The summed E-state index contributed by atoms with van der Waals surface area (Å²) in [6, 6.07) is 6.43. The van der Waals surface area contributed by atoms with Crippen LogP contribution < -0.4 is 10.1 Å². The van der Waals surface area contributed by atoms with Crippen molar-refractivity contribution in [1.29, 1.82) is 0 Å². The van der Waals surface area contributed by atoms with Gasteiger partial charge in [-0.3, -0.25) is 0 Å². The highest BCUT2D eigenvalue weighted by Crippen LogP contribution is 2.37. The molecule has 0 saturated heterocycles. The molecular weight excluding hydrogens is 242 g/mol. The molecule has 0 aromatic heterocycles. The zero-order valence-corrected chi connectivity index (χ0v) is 11.7. The molecule has 0 saturated carbocycles. The standard InChI is InChI=1S/C15H21NO3/c1-4-16-13-9-8-12-11(13)6-5-7-14(12)19-10(2)15(17)18-3/h5-7,10,13,16H,4,8-9H2,1-3H3. The van der Waals surface area contributed by atoms with E-state index in [1.54, 1.807) is 6.92 Å². The van der Waals surface area contributed by atoms with Crippen LogP contribution in [0.4, 0.5) is 0 Å². The molecule has 1 N–H and O–H groups in total. The summed E-state index contributed by atoms with van der Waals surface area (Å²) in [5.41, 5.74) is 2.50. The van der Waals surface area contributed by atoms with Crippen molar-refractivity contribution in [3.8, 4) is 5.75 Å². The average molecular weight is 263 g/mol. The van der Waals surface area contributed by atoms with Gasteiger partial charge in [-0.05, 0) is 43.5 Å². The van der Waals surface area contributed by atoms with Gasteiger partial charge in [-0.2, -0.15) is 0 Å². The molecule has 1 aliphatic carbocycles. The predicted octanol–water partition coefficient (Wildman–Crippen LogP) is 2.22. The zero-order valence-electron chi connectivity index (χ0n) is 11.7. The van der Waals surface area contributed by atoms with E-state index >= 15 is 0 Å². The van der Waals surface area contributed by atoms with Gasteiger partial charge in [0.2, 0.25) is 0 Å². The van der Waals surface area contributed by atoms with Gasteiger partial charge in [0, 0.05) is 6.04 Å². The molecule has 1 aromatic rings. The number of benzene rings is 1. The van der Waals surface area contributed by atoms with Crippen LogP contribution in [0.25, 0.3) is 0 Å². The van der Waals surface area contributed by atoms with E-state index in [9.17, 15) is 4.79 Å². The summed E-state index contributed by atoms with van der Waals surface area (Å²) in [6.45, 7) is 4.77. The monoisotopic (exact) mass is 263 g/mol. The van der Waals surface area contributed by atoms with Gasteiger partial charge in [-0.1, -0.05) is 19.1 Å². The van der Waals surface area contributed by atoms with E-state index in [4.69, 9.17) is 4.74 Å². The Morgan fingerprint density at radius 2 is 2.32 bits per heavy atom. The zero-order chi connectivity index (χ0) is 13.8. The summed E-state index contributed by atoms with van der Waals surface area (Å²) < 4.78 is 10.4. The van der Waals surface area contributed by atoms with Crippen LogP contribution in [0.1, 0.15) is 37.4 Å². The largest absolute Gasteiger partial charge is 0.479 e. The summed E-state index contributed by atoms with van der Waals surface area (Å²) in [6.07, 6.45) is 1.49. The van der Waals surface area contributed by atoms with E-state index in [0.717, 1.165) is 25.1 Å². The summed E-state index contributed by atoms with van der Waals surface area (Å²) in [7, 11) is 1.37. The third-order valence-corrected chi connectivity index (χ3v) is 3.52. The van der Waals surface area contributed by atoms with Crippen LogP contribution in [0.3, 0.4) is 0 Å². The molecule has 2 atom stereocenters. The number of ether oxygens (including phenoxy) is 2. The molecule has 2 unspecified atom stereocenters. The molecule has 0 fully saturated rings. The molecule has 0 amide bonds. The minimum absolute atomic E-state index is 0.348. The lowest BCUT2D eigenvalue weighted by molar-refractivity contribution is -0.147. The summed E-state index contributed by atoms with van der Waals surface area (Å²) in [4.78, 5) is 11.4. The van der Waals surface area contributed by atoms with E-state index in [1.165, 1.54) is 18.2 Å². The third kappa shape index (κ3) is 2.89. The fourth-order valence-electron chi connectivity index (χ4n) is 2.59. The minimum Gasteiger partial charge on any atom is -0.479 e. The number of carbonyl (C=O) groups is 1. The minimum atomic E-state index is -0.574. The van der Waals surface area contributed by atoms with Gasteiger partial charge in [0.05, 0.1) is 7.11 Å². The molecule has 19 heavy (non-hydrogen) atoms. The molecule has 2 rings (SSSR count). The van der Waals surface area contributed by atoms with Gasteiger partial charge in [0.1, 0.15) is 5.75 Å². The van der Waals surface area contributed by atoms with Crippen molar-refractivity contribution in [2.75, 3.05) is 13.7 Å². The number of methoxy groups -OCH3 is 1. The Balaban J connectivity index is 2.18. The number of hydrogen-bond acceptors (Lipinski definition) is 4. The van der Waals surface area contributed by atoms with Crippen LogP contribution >= 0.6 is 0 Å². The van der Waals surface area contributed by atoms with Crippen molar-refractivity contribution >= 4 is 5.97 Å². The first-order chi connectivity index (χ1) is 9.17. The first kappa shape index (κ1) is 13.9. The van der Waals surface area contributed by atoms with Gasteiger partial charge in [0.25, 0.3) is 0 Å². The van der Waals surface area contributed by atoms with E-state index < -0.39 is 6.10 Å². The van der Waals surface area contributed by atoms with Crippen LogP contribution in [0.15, 0.2) is 18.2 Å². The maximum atomic E-state index is 11.4. The van der Waals surface area contributed by atoms with E-state index in [2.05, 4.69) is 23.0 Å². The van der Waals surface area contributed by atoms with Crippen molar-refractivity contribution in [2.45, 2.75) is 38.8 Å². The molecule has 0 radical (unpaired) electrons. The summed E-state index contributed by atoms with van der Waals surface area (Å²) in [5, 5.41) is 3.47. The molecule has 0 heterocycles. The molecule has 4 heteroatoms. The highest BCUT2D eigenvalue weighted by Gasteiger charge is 2.26. The number of fused-ring (bicyclic) bond motifs is 1. The highest BCUT2D eigenvalue weighted by atomic mass is 16.6. The molecule has 1 aromatic carbocycles. The molecule has 104 valence electrons. The predicted molar refractivity (Wildman–Crippen MR) is 73.3 cm³/mol. The van der Waals surface area contributed by atoms with Gasteiger partial charge in [-0.15, -0.1) is 0 Å². The second-order valence-electron chi connectivity index (χ2n) is 4.76. The Hall–Kier alpha value is -1.55. The third-order valence-electron chi connectivity index (χ3n) is 3.52. The number of rotatable bonds is 5. The van der Waals surface area contributed by atoms with Gasteiger partial charge < -0.3 is 14.8 Å². The Bertz CT molecular complexity index is 459. The average Bonchev–Trinajstić information content (AvgIpc) is 2.83. The van der Waals surface area contributed by atoms with E-state index in [-0.39, 0.29) is 5.97 Å². The second kappa shape index (κ2) is 6.06. The van der Waals surface area contributed by atoms with E-state index in [0.29, 0.717) is 6.04 Å². The molecule has 1 aliphatic rings. The first-order valence-electron chi connectivity index (χ1n) is 6.77. The van der Waals surface area contributed by atoms with Crippen molar-refractivity contribution in [3.63, 3.8) is 0 Å². The Morgan fingerprint density at radius 1 is 1.53 bits per heavy atom. The number of carbonyl (C=O) groups excluding carboxylic acids is 1. The smallest absolute Gasteiger partial charge is 0.346 e. The maximum Gasteiger partial charge on any atom is 0.346 e. The first-order valence-corrected chi connectivity index (χ1v) is 6.77. The van der Waals surface area contributed by atoms with Crippen LogP contribution in [0.5, 0.6) is 5.75 Å². The molecule has 0 aliphatic heterocycles. The van der Waals surface area contributed by atoms with Crippen LogP contribution in [0.2, 0.25) is 0 Å². The quantitative estimate of drug-likeness (QED) is 0.828. The molecule has 0 bridgehead atoms. The Morgan fingerprint density at radius 3 is 3.00 bits per heavy atom. The van der Waals surface area contributed by atoms with Crippen molar-refractivity contribution < 1.29 is 14.3 Å². The van der Waals surface area contributed by atoms with Crippen LogP contribution in [0, 0.1) is 0 Å². The lowest BCUT2D eigenvalue weighted by atomic mass is 10.1. The van der Waals surface area contributed by atoms with Gasteiger partial charge >= 0.3 is 5.97 Å². The van der Waals surface area contributed by atoms with Crippen molar-refractivity contribution in [2.24, 2.45) is 0 Å². The number of esters is 1.